The summed E-state index contributed by atoms with van der Waals surface area (Å²) in [6.07, 6.45) is 2.07. The minimum Gasteiger partial charge on any atom is -0.293 e. The number of aryl methyl sites for hydroxylation is 1. The van der Waals surface area contributed by atoms with Crippen LogP contribution >= 0.6 is 0 Å². The zero-order chi connectivity index (χ0) is 13.9. The van der Waals surface area contributed by atoms with Crippen LogP contribution in [0.25, 0.3) is 0 Å². The van der Waals surface area contributed by atoms with Gasteiger partial charge in [-0.25, -0.2) is 8.42 Å². The molecule has 0 saturated carbocycles. The van der Waals surface area contributed by atoms with Crippen LogP contribution in [-0.2, 0) is 23.4 Å². The normalized spacial score (nSPS) is 11.6. The summed E-state index contributed by atoms with van der Waals surface area (Å²) in [7, 11) is -1.51. The fraction of sp³-hybridized carbons (Fsp3) is 0.308. The topological polar surface area (TPSA) is 61.1 Å². The molecule has 0 fully saturated rings. The molecule has 6 heteroatoms. The van der Waals surface area contributed by atoms with Crippen molar-refractivity contribution in [2.24, 2.45) is 7.05 Å². The summed E-state index contributed by atoms with van der Waals surface area (Å²) < 4.78 is 27.3. The predicted octanol–water partition coefficient (Wildman–Crippen LogP) is 1.05. The third-order valence-corrected chi connectivity index (χ3v) is 4.77. The molecule has 0 aliphatic heterocycles. The summed E-state index contributed by atoms with van der Waals surface area (Å²) in [5, 5.41) is 0. The molecule has 0 atom stereocenters. The van der Waals surface area contributed by atoms with E-state index in [1.165, 1.54) is 10.7 Å². The molecule has 2 aromatic rings. The molecule has 0 unspecified atom stereocenters. The van der Waals surface area contributed by atoms with Gasteiger partial charge in [0.2, 0.25) is 0 Å². The lowest BCUT2D eigenvalue weighted by molar-refractivity contribution is 0.487. The molecule has 5 nitrogen and oxygen atoms in total. The van der Waals surface area contributed by atoms with Gasteiger partial charge < -0.3 is 0 Å². The van der Waals surface area contributed by atoms with Crippen molar-refractivity contribution in [1.29, 1.82) is 0 Å². The third kappa shape index (κ3) is 3.14. The maximum atomic E-state index is 12.0. The van der Waals surface area contributed by atoms with Crippen molar-refractivity contribution in [2.75, 3.05) is 5.75 Å². The first-order valence-corrected chi connectivity index (χ1v) is 7.66. The molecule has 0 aliphatic carbocycles. The highest BCUT2D eigenvalue weighted by Crippen LogP contribution is 2.11. The van der Waals surface area contributed by atoms with E-state index in [-0.39, 0.29) is 11.3 Å². The van der Waals surface area contributed by atoms with Gasteiger partial charge in [-0.1, -0.05) is 18.2 Å². The average Bonchev–Trinajstić information content (AvgIpc) is 2.71. The van der Waals surface area contributed by atoms with Gasteiger partial charge in [-0.05, 0) is 18.6 Å². The molecule has 1 aromatic carbocycles. The molecule has 19 heavy (non-hydrogen) atoms. The van der Waals surface area contributed by atoms with Crippen LogP contribution in [0.5, 0.6) is 0 Å². The lowest BCUT2D eigenvalue weighted by atomic mass is 10.4. The minimum absolute atomic E-state index is 0.0363. The van der Waals surface area contributed by atoms with Crippen molar-refractivity contribution >= 4 is 9.84 Å². The van der Waals surface area contributed by atoms with Gasteiger partial charge in [0.1, 0.15) is 0 Å². The monoisotopic (exact) mass is 280 g/mol. The van der Waals surface area contributed by atoms with Gasteiger partial charge in [-0.15, -0.1) is 0 Å². The van der Waals surface area contributed by atoms with E-state index < -0.39 is 9.84 Å². The van der Waals surface area contributed by atoms with E-state index in [0.717, 1.165) is 0 Å². The van der Waals surface area contributed by atoms with Crippen molar-refractivity contribution < 1.29 is 8.42 Å². The van der Waals surface area contributed by atoms with E-state index in [1.54, 1.807) is 48.3 Å². The van der Waals surface area contributed by atoms with E-state index >= 15 is 0 Å². The Morgan fingerprint density at radius 3 is 2.37 bits per heavy atom. The van der Waals surface area contributed by atoms with Crippen LogP contribution in [0.3, 0.4) is 0 Å². The third-order valence-electron chi connectivity index (χ3n) is 2.95. The largest absolute Gasteiger partial charge is 0.293 e. The smallest absolute Gasteiger partial charge is 0.266 e. The van der Waals surface area contributed by atoms with E-state index in [2.05, 4.69) is 0 Å². The molecule has 0 bridgehead atoms. The standard InChI is InChI=1S/C13H16N2O3S/c1-14-10-8-13(16)15(14)9-5-11-19(17,18)12-6-3-2-4-7-12/h2-4,6-8,10H,5,9,11H2,1H3. The van der Waals surface area contributed by atoms with E-state index in [9.17, 15) is 13.2 Å². The highest BCUT2D eigenvalue weighted by molar-refractivity contribution is 7.91. The first-order chi connectivity index (χ1) is 9.00. The minimum atomic E-state index is -3.26. The molecule has 0 radical (unpaired) electrons. The van der Waals surface area contributed by atoms with Crippen molar-refractivity contribution in [3.8, 4) is 0 Å². The number of sulfone groups is 1. The highest BCUT2D eigenvalue weighted by Gasteiger charge is 2.13. The molecular formula is C13H16N2O3S. The Kier molecular flexibility index (Phi) is 3.90. The fourth-order valence-electron chi connectivity index (χ4n) is 1.91. The van der Waals surface area contributed by atoms with Crippen LogP contribution in [0.4, 0.5) is 0 Å². The SMILES string of the molecule is Cn1ccc(=O)n1CCCS(=O)(=O)c1ccccc1. The van der Waals surface area contributed by atoms with Crippen LogP contribution in [0.2, 0.25) is 0 Å². The van der Waals surface area contributed by atoms with Crippen LogP contribution in [0.1, 0.15) is 6.42 Å². The average molecular weight is 280 g/mol. The number of benzene rings is 1. The second-order valence-electron chi connectivity index (χ2n) is 4.34. The molecule has 2 rings (SSSR count). The Balaban J connectivity index is 2.02. The van der Waals surface area contributed by atoms with Gasteiger partial charge >= 0.3 is 0 Å². The highest BCUT2D eigenvalue weighted by atomic mass is 32.2. The molecule has 102 valence electrons. The molecule has 1 heterocycles. The maximum Gasteiger partial charge on any atom is 0.266 e. The summed E-state index contributed by atoms with van der Waals surface area (Å²) >= 11 is 0. The lowest BCUT2D eigenvalue weighted by Crippen LogP contribution is -2.22. The van der Waals surface area contributed by atoms with Gasteiger partial charge in [0, 0.05) is 25.9 Å². The Hall–Kier alpha value is -1.82. The summed E-state index contributed by atoms with van der Waals surface area (Å²) in [6, 6.07) is 9.82. The molecule has 1 aromatic heterocycles. The van der Waals surface area contributed by atoms with E-state index in [4.69, 9.17) is 0 Å². The van der Waals surface area contributed by atoms with Crippen LogP contribution in [0.15, 0.2) is 52.3 Å². The fourth-order valence-corrected chi connectivity index (χ4v) is 3.23. The number of hydrogen-bond acceptors (Lipinski definition) is 3. The zero-order valence-corrected chi connectivity index (χ0v) is 11.5. The number of nitrogens with zero attached hydrogens (tertiary/aromatic N) is 2. The van der Waals surface area contributed by atoms with Crippen LogP contribution in [0, 0.1) is 0 Å². The lowest BCUT2D eigenvalue weighted by Gasteiger charge is -2.07. The van der Waals surface area contributed by atoms with E-state index in [1.807, 2.05) is 0 Å². The Labute approximate surface area is 112 Å². The van der Waals surface area contributed by atoms with Crippen molar-refractivity contribution in [2.45, 2.75) is 17.9 Å². The van der Waals surface area contributed by atoms with Gasteiger partial charge in [0.25, 0.3) is 5.56 Å². The van der Waals surface area contributed by atoms with Crippen LogP contribution in [-0.4, -0.2) is 23.5 Å². The summed E-state index contributed by atoms with van der Waals surface area (Å²) in [5.74, 6) is 0.0363. The van der Waals surface area contributed by atoms with Crippen molar-refractivity contribution in [3.63, 3.8) is 0 Å². The van der Waals surface area contributed by atoms with Gasteiger partial charge in [-0.3, -0.25) is 14.2 Å². The summed E-state index contributed by atoms with van der Waals surface area (Å²) in [5.41, 5.74) is -0.111. The zero-order valence-electron chi connectivity index (χ0n) is 10.7. The van der Waals surface area contributed by atoms with E-state index in [0.29, 0.717) is 17.9 Å². The maximum absolute atomic E-state index is 12.0. The molecular weight excluding hydrogens is 264 g/mol. The number of hydrogen-bond donors (Lipinski definition) is 0. The molecule has 0 amide bonds. The Morgan fingerprint density at radius 1 is 1.11 bits per heavy atom. The quantitative estimate of drug-likeness (QED) is 0.822. The Morgan fingerprint density at radius 2 is 1.79 bits per heavy atom. The summed E-state index contributed by atoms with van der Waals surface area (Å²) in [6.45, 7) is 0.397. The van der Waals surface area contributed by atoms with Gasteiger partial charge in [0.15, 0.2) is 9.84 Å². The van der Waals surface area contributed by atoms with Crippen molar-refractivity contribution in [1.82, 2.24) is 9.36 Å². The number of aromatic nitrogens is 2. The molecule has 0 aliphatic rings. The first-order valence-electron chi connectivity index (χ1n) is 6.01. The second-order valence-corrected chi connectivity index (χ2v) is 6.45. The molecule has 0 spiro atoms. The Bertz CT molecular complexity index is 699. The van der Waals surface area contributed by atoms with Crippen LogP contribution < -0.4 is 5.56 Å². The second kappa shape index (κ2) is 5.44. The number of rotatable bonds is 5. The van der Waals surface area contributed by atoms with Crippen molar-refractivity contribution in [3.05, 3.63) is 52.9 Å². The predicted molar refractivity (Wildman–Crippen MR) is 72.8 cm³/mol. The van der Waals surface area contributed by atoms with Gasteiger partial charge in [-0.2, -0.15) is 0 Å². The molecule has 0 saturated heterocycles. The van der Waals surface area contributed by atoms with Gasteiger partial charge in [0.05, 0.1) is 10.6 Å². The first kappa shape index (κ1) is 13.6. The molecule has 0 N–H and O–H groups in total. The summed E-state index contributed by atoms with van der Waals surface area (Å²) in [4.78, 5) is 11.8.